The highest BCUT2D eigenvalue weighted by Crippen LogP contribution is 2.30. The molecule has 0 bridgehead atoms. The van der Waals surface area contributed by atoms with Crippen molar-refractivity contribution in [2.24, 2.45) is 0 Å². The minimum atomic E-state index is -0.735. The van der Waals surface area contributed by atoms with Crippen LogP contribution in [-0.4, -0.2) is 37.6 Å². The summed E-state index contributed by atoms with van der Waals surface area (Å²) in [5.74, 6) is -0.545. The van der Waals surface area contributed by atoms with Gasteiger partial charge in [0.2, 0.25) is 0 Å². The first kappa shape index (κ1) is 24.3. The molecule has 176 valence electrons. The van der Waals surface area contributed by atoms with E-state index in [-0.39, 0.29) is 17.2 Å². The Morgan fingerprint density at radius 3 is 2.18 bits per heavy atom. The van der Waals surface area contributed by atoms with E-state index >= 15 is 0 Å². The lowest BCUT2D eigenvalue weighted by molar-refractivity contribution is -0.119. The quantitative estimate of drug-likeness (QED) is 0.429. The monoisotopic (exact) mass is 462 g/mol. The molecule has 0 atom stereocenters. The van der Waals surface area contributed by atoms with Gasteiger partial charge in [-0.3, -0.25) is 9.59 Å². The molecule has 8 nitrogen and oxygen atoms in total. The van der Waals surface area contributed by atoms with Crippen LogP contribution in [0.15, 0.2) is 72.8 Å². The smallest absolute Gasteiger partial charge is 0.340 e. The van der Waals surface area contributed by atoms with E-state index in [2.05, 4.69) is 10.6 Å². The van der Waals surface area contributed by atoms with Crippen molar-refractivity contribution >= 4 is 29.2 Å². The number of benzene rings is 3. The van der Waals surface area contributed by atoms with E-state index in [0.717, 1.165) is 0 Å². The number of amides is 2. The van der Waals surface area contributed by atoms with Crippen LogP contribution >= 0.6 is 0 Å². The fourth-order valence-electron chi connectivity index (χ4n) is 3.09. The number of anilines is 2. The molecular weight excluding hydrogens is 436 g/mol. The fourth-order valence-corrected chi connectivity index (χ4v) is 3.09. The average Bonchev–Trinajstić information content (AvgIpc) is 2.85. The maximum Gasteiger partial charge on any atom is 0.340 e. The van der Waals surface area contributed by atoms with Gasteiger partial charge in [0.1, 0.15) is 0 Å². The maximum atomic E-state index is 12.6. The second kappa shape index (κ2) is 12.1. The first-order chi connectivity index (χ1) is 16.5. The Bertz CT molecular complexity index is 1150. The van der Waals surface area contributed by atoms with Gasteiger partial charge in [0, 0.05) is 17.3 Å². The molecule has 3 aromatic carbocycles. The molecule has 3 rings (SSSR count). The number of nitrogens with one attached hydrogen (secondary N) is 2. The summed E-state index contributed by atoms with van der Waals surface area (Å²) in [6.45, 7) is 4.13. The Morgan fingerprint density at radius 1 is 0.765 bits per heavy atom. The third-order valence-corrected chi connectivity index (χ3v) is 4.59. The number of rotatable bonds is 10. The summed E-state index contributed by atoms with van der Waals surface area (Å²) in [7, 11) is 0. The average molecular weight is 463 g/mol. The van der Waals surface area contributed by atoms with Gasteiger partial charge in [-0.2, -0.15) is 0 Å². The number of esters is 1. The molecule has 0 aliphatic carbocycles. The van der Waals surface area contributed by atoms with Crippen LogP contribution in [0.3, 0.4) is 0 Å². The summed E-state index contributed by atoms with van der Waals surface area (Å²) >= 11 is 0. The second-order valence-electron chi connectivity index (χ2n) is 7.02. The molecule has 0 saturated carbocycles. The second-order valence-corrected chi connectivity index (χ2v) is 7.02. The van der Waals surface area contributed by atoms with Crippen molar-refractivity contribution in [3.63, 3.8) is 0 Å². The zero-order chi connectivity index (χ0) is 24.3. The van der Waals surface area contributed by atoms with E-state index in [0.29, 0.717) is 36.0 Å². The summed E-state index contributed by atoms with van der Waals surface area (Å²) in [4.78, 5) is 37.4. The Kier molecular flexibility index (Phi) is 8.62. The van der Waals surface area contributed by atoms with Gasteiger partial charge in [0.05, 0.1) is 24.5 Å². The predicted octanol–water partition coefficient (Wildman–Crippen LogP) is 4.53. The van der Waals surface area contributed by atoms with Gasteiger partial charge in [0.25, 0.3) is 11.8 Å². The summed E-state index contributed by atoms with van der Waals surface area (Å²) in [6, 6.07) is 20.1. The van der Waals surface area contributed by atoms with E-state index in [1.807, 2.05) is 13.8 Å². The van der Waals surface area contributed by atoms with Crippen LogP contribution in [0, 0.1) is 0 Å². The lowest BCUT2D eigenvalue weighted by atomic mass is 10.1. The number of carbonyl (C=O) groups excluding carboxylic acids is 3. The highest BCUT2D eigenvalue weighted by Gasteiger charge is 2.17. The molecule has 3 aromatic rings. The van der Waals surface area contributed by atoms with Crippen molar-refractivity contribution in [2.75, 3.05) is 30.5 Å². The van der Waals surface area contributed by atoms with E-state index in [9.17, 15) is 14.4 Å². The van der Waals surface area contributed by atoms with E-state index in [1.165, 1.54) is 6.07 Å². The highest BCUT2D eigenvalue weighted by molar-refractivity contribution is 6.08. The molecule has 0 spiro atoms. The van der Waals surface area contributed by atoms with Crippen LogP contribution in [0.2, 0.25) is 0 Å². The number of ether oxygens (including phenoxy) is 3. The summed E-state index contributed by atoms with van der Waals surface area (Å²) in [5, 5.41) is 5.37. The third-order valence-electron chi connectivity index (χ3n) is 4.59. The Morgan fingerprint density at radius 2 is 1.44 bits per heavy atom. The van der Waals surface area contributed by atoms with Crippen molar-refractivity contribution < 1.29 is 28.6 Å². The molecule has 0 aliphatic heterocycles. The molecule has 2 N–H and O–H groups in total. The molecule has 0 aliphatic rings. The lowest BCUT2D eigenvalue weighted by Gasteiger charge is -2.13. The molecule has 0 unspecified atom stereocenters. The van der Waals surface area contributed by atoms with Crippen LogP contribution in [0.4, 0.5) is 11.4 Å². The van der Waals surface area contributed by atoms with Crippen LogP contribution in [-0.2, 0) is 9.53 Å². The zero-order valence-electron chi connectivity index (χ0n) is 19.0. The van der Waals surface area contributed by atoms with E-state index in [1.54, 1.807) is 66.7 Å². The summed E-state index contributed by atoms with van der Waals surface area (Å²) in [6.07, 6.45) is 0. The molecule has 0 radical (unpaired) electrons. The highest BCUT2D eigenvalue weighted by atomic mass is 16.5. The van der Waals surface area contributed by atoms with Crippen molar-refractivity contribution in [2.45, 2.75) is 13.8 Å². The predicted molar refractivity (Wildman–Crippen MR) is 129 cm³/mol. The molecule has 0 aromatic heterocycles. The molecule has 0 saturated heterocycles. The molecule has 34 heavy (non-hydrogen) atoms. The van der Waals surface area contributed by atoms with E-state index < -0.39 is 18.5 Å². The van der Waals surface area contributed by atoms with Gasteiger partial charge >= 0.3 is 5.97 Å². The zero-order valence-corrected chi connectivity index (χ0v) is 19.0. The molecule has 2 amide bonds. The summed E-state index contributed by atoms with van der Waals surface area (Å²) in [5.41, 5.74) is 1.35. The van der Waals surface area contributed by atoms with Crippen molar-refractivity contribution in [1.29, 1.82) is 0 Å². The normalized spacial score (nSPS) is 10.2. The van der Waals surface area contributed by atoms with Gasteiger partial charge in [-0.25, -0.2) is 4.79 Å². The number of carbonyl (C=O) groups is 3. The van der Waals surface area contributed by atoms with Crippen molar-refractivity contribution in [1.82, 2.24) is 0 Å². The number of hydrogen-bond acceptors (Lipinski definition) is 6. The fraction of sp³-hybridized carbons (Fsp3) is 0.192. The lowest BCUT2D eigenvalue weighted by Crippen LogP contribution is -2.22. The minimum absolute atomic E-state index is 0.138. The first-order valence-corrected chi connectivity index (χ1v) is 10.8. The SMILES string of the molecule is CCOc1ccc(NC(=O)COC(=O)c2ccccc2NC(=O)c2ccccc2)cc1OCC. The van der Waals surface area contributed by atoms with Gasteiger partial charge in [-0.05, 0) is 50.2 Å². The van der Waals surface area contributed by atoms with Crippen LogP contribution in [0.25, 0.3) is 0 Å². The van der Waals surface area contributed by atoms with Gasteiger partial charge in [-0.1, -0.05) is 30.3 Å². The van der Waals surface area contributed by atoms with Gasteiger partial charge in [-0.15, -0.1) is 0 Å². The minimum Gasteiger partial charge on any atom is -0.490 e. The topological polar surface area (TPSA) is 103 Å². The standard InChI is InChI=1S/C26H26N2O6/c1-3-32-22-15-14-19(16-23(22)33-4-2)27-24(29)17-34-26(31)20-12-8-9-13-21(20)28-25(30)18-10-6-5-7-11-18/h5-16H,3-4,17H2,1-2H3,(H,27,29)(H,28,30). The van der Waals surface area contributed by atoms with Crippen LogP contribution < -0.4 is 20.1 Å². The van der Waals surface area contributed by atoms with Gasteiger partial charge in [0.15, 0.2) is 18.1 Å². The van der Waals surface area contributed by atoms with Crippen molar-refractivity contribution in [3.8, 4) is 11.5 Å². The van der Waals surface area contributed by atoms with Crippen LogP contribution in [0.5, 0.6) is 11.5 Å². The molecule has 8 heteroatoms. The Balaban J connectivity index is 1.61. The molecule has 0 heterocycles. The summed E-state index contributed by atoms with van der Waals surface area (Å²) < 4.78 is 16.2. The molecular formula is C26H26N2O6. The third kappa shape index (κ3) is 6.59. The molecule has 0 fully saturated rings. The van der Waals surface area contributed by atoms with Crippen LogP contribution in [0.1, 0.15) is 34.6 Å². The van der Waals surface area contributed by atoms with Gasteiger partial charge < -0.3 is 24.8 Å². The Hall–Kier alpha value is -4.33. The Labute approximate surface area is 197 Å². The van der Waals surface area contributed by atoms with Crippen molar-refractivity contribution in [3.05, 3.63) is 83.9 Å². The first-order valence-electron chi connectivity index (χ1n) is 10.8. The largest absolute Gasteiger partial charge is 0.490 e. The maximum absolute atomic E-state index is 12.6. The van der Waals surface area contributed by atoms with E-state index in [4.69, 9.17) is 14.2 Å². The number of para-hydroxylation sites is 1. The number of hydrogen-bond donors (Lipinski definition) is 2.